The summed E-state index contributed by atoms with van der Waals surface area (Å²) >= 11 is 6.16. The summed E-state index contributed by atoms with van der Waals surface area (Å²) in [6, 6.07) is 7.92. The van der Waals surface area contributed by atoms with Gasteiger partial charge in [-0.15, -0.1) is 0 Å². The van der Waals surface area contributed by atoms with Gasteiger partial charge in [-0.2, -0.15) is 0 Å². The third kappa shape index (κ3) is 6.66. The Morgan fingerprint density at radius 3 is 2.50 bits per heavy atom. The maximum Gasteiger partial charge on any atom is 0.236 e. The van der Waals surface area contributed by atoms with Gasteiger partial charge in [-0.25, -0.2) is 0 Å². The van der Waals surface area contributed by atoms with Gasteiger partial charge < -0.3 is 14.5 Å². The molecule has 2 amide bonds. The number of halogens is 1. The zero-order valence-electron chi connectivity index (χ0n) is 20.6. The molecule has 0 aromatic heterocycles. The van der Waals surface area contributed by atoms with E-state index in [-0.39, 0.29) is 17.2 Å². The van der Waals surface area contributed by atoms with Crippen LogP contribution in [0, 0.1) is 5.41 Å². The number of piperidine rings is 2. The van der Waals surface area contributed by atoms with E-state index in [9.17, 15) is 9.59 Å². The number of ether oxygens (including phenoxy) is 1. The minimum atomic E-state index is -0.378. The topological polar surface area (TPSA) is 53.1 Å². The summed E-state index contributed by atoms with van der Waals surface area (Å²) in [5, 5.41) is 0.631. The molecule has 4 rings (SSSR count). The first-order valence-electron chi connectivity index (χ1n) is 13.1. The molecule has 188 valence electrons. The maximum absolute atomic E-state index is 13.3. The van der Waals surface area contributed by atoms with Crippen molar-refractivity contribution >= 4 is 23.4 Å². The van der Waals surface area contributed by atoms with E-state index >= 15 is 0 Å². The van der Waals surface area contributed by atoms with Gasteiger partial charge in [-0.05, 0) is 70.2 Å². The lowest BCUT2D eigenvalue weighted by atomic mass is 9.77. The molecule has 1 saturated carbocycles. The van der Waals surface area contributed by atoms with Crippen LogP contribution in [-0.2, 0) is 9.59 Å². The average molecular weight is 490 g/mol. The fourth-order valence-corrected chi connectivity index (χ4v) is 6.07. The van der Waals surface area contributed by atoms with Crippen LogP contribution in [0.2, 0.25) is 5.02 Å². The Morgan fingerprint density at radius 2 is 1.76 bits per heavy atom. The van der Waals surface area contributed by atoms with Gasteiger partial charge in [0.1, 0.15) is 5.75 Å². The SMILES string of the molecule is CN(CC(=O)N1CCC[C@](COc2cccc(Cl)c2)(CC(=O)N2CCCCC2)C1)C1CCCC1. The Labute approximate surface area is 209 Å². The number of carbonyl (C=O) groups is 2. The van der Waals surface area contributed by atoms with Gasteiger partial charge in [0.15, 0.2) is 0 Å². The zero-order valence-corrected chi connectivity index (χ0v) is 21.4. The maximum atomic E-state index is 13.3. The number of hydrogen-bond donors (Lipinski definition) is 0. The number of amides is 2. The Morgan fingerprint density at radius 1 is 1.03 bits per heavy atom. The summed E-state index contributed by atoms with van der Waals surface area (Å²) in [6.45, 7) is 3.89. The second kappa shape index (κ2) is 11.8. The summed E-state index contributed by atoms with van der Waals surface area (Å²) in [5.74, 6) is 1.08. The second-order valence-electron chi connectivity index (χ2n) is 10.6. The molecule has 2 saturated heterocycles. The van der Waals surface area contributed by atoms with Crippen molar-refractivity contribution in [3.05, 3.63) is 29.3 Å². The Bertz CT molecular complexity index is 838. The molecule has 3 aliphatic rings. The number of nitrogens with zero attached hydrogens (tertiary/aromatic N) is 3. The van der Waals surface area contributed by atoms with Crippen molar-refractivity contribution in [2.24, 2.45) is 5.41 Å². The van der Waals surface area contributed by atoms with Crippen LogP contribution >= 0.6 is 11.6 Å². The van der Waals surface area contributed by atoms with Crippen LogP contribution in [0.1, 0.15) is 64.2 Å². The van der Waals surface area contributed by atoms with Crippen molar-refractivity contribution < 1.29 is 14.3 Å². The molecular formula is C27H40ClN3O3. The first-order valence-corrected chi connectivity index (χ1v) is 13.5. The van der Waals surface area contributed by atoms with Crippen molar-refractivity contribution in [1.29, 1.82) is 0 Å². The van der Waals surface area contributed by atoms with E-state index in [4.69, 9.17) is 16.3 Å². The molecule has 2 aliphatic heterocycles. The van der Waals surface area contributed by atoms with Crippen molar-refractivity contribution in [3.63, 3.8) is 0 Å². The molecule has 1 aromatic carbocycles. The highest BCUT2D eigenvalue weighted by atomic mass is 35.5. The molecule has 0 bridgehead atoms. The van der Waals surface area contributed by atoms with Crippen LogP contribution in [-0.4, -0.2) is 78.9 Å². The van der Waals surface area contributed by atoms with Crippen LogP contribution < -0.4 is 4.74 Å². The molecule has 0 unspecified atom stereocenters. The minimum absolute atomic E-state index is 0.173. The largest absolute Gasteiger partial charge is 0.493 e. The zero-order chi connectivity index (χ0) is 24.0. The predicted octanol–water partition coefficient (Wildman–Crippen LogP) is 4.60. The Hall–Kier alpha value is -1.79. The smallest absolute Gasteiger partial charge is 0.236 e. The highest BCUT2D eigenvalue weighted by Crippen LogP contribution is 2.36. The summed E-state index contributed by atoms with van der Waals surface area (Å²) in [5.41, 5.74) is -0.378. The van der Waals surface area contributed by atoms with Crippen LogP contribution in [0.5, 0.6) is 5.75 Å². The monoisotopic (exact) mass is 489 g/mol. The third-order valence-electron chi connectivity index (χ3n) is 7.92. The number of rotatable bonds is 8. The van der Waals surface area contributed by atoms with E-state index in [1.54, 1.807) is 0 Å². The quantitative estimate of drug-likeness (QED) is 0.535. The van der Waals surface area contributed by atoms with Gasteiger partial charge in [-0.1, -0.05) is 30.5 Å². The molecule has 7 heteroatoms. The van der Waals surface area contributed by atoms with Crippen molar-refractivity contribution in [2.45, 2.75) is 70.3 Å². The Balaban J connectivity index is 1.45. The molecule has 0 N–H and O–H groups in total. The predicted molar refractivity (Wildman–Crippen MR) is 135 cm³/mol. The number of carbonyl (C=O) groups excluding carboxylic acids is 2. The van der Waals surface area contributed by atoms with E-state index < -0.39 is 0 Å². The molecular weight excluding hydrogens is 450 g/mol. The molecule has 6 nitrogen and oxygen atoms in total. The number of likely N-dealkylation sites (tertiary alicyclic amines) is 2. The van der Waals surface area contributed by atoms with E-state index in [1.165, 1.54) is 32.1 Å². The highest BCUT2D eigenvalue weighted by molar-refractivity contribution is 6.30. The summed E-state index contributed by atoms with van der Waals surface area (Å²) in [7, 11) is 2.08. The summed E-state index contributed by atoms with van der Waals surface area (Å²) in [4.78, 5) is 32.8. The second-order valence-corrected chi connectivity index (χ2v) is 11.1. The first-order chi connectivity index (χ1) is 16.4. The molecule has 1 aromatic rings. The standard InChI is InChI=1S/C27H40ClN3O3/c1-29(23-10-3-4-11-23)19-26(33)31-16-8-13-27(20-31,18-25(32)30-14-5-2-6-15-30)21-34-24-12-7-9-22(28)17-24/h7,9,12,17,23H,2-6,8,10-11,13-16,18-21H2,1H3/t27-/m0/s1. The lowest BCUT2D eigenvalue weighted by molar-refractivity contribution is -0.142. The number of benzene rings is 1. The van der Waals surface area contributed by atoms with Gasteiger partial charge in [0, 0.05) is 49.1 Å². The lowest BCUT2D eigenvalue weighted by Crippen LogP contribution is -2.53. The molecule has 1 aliphatic carbocycles. The molecule has 0 spiro atoms. The molecule has 3 fully saturated rings. The fraction of sp³-hybridized carbons (Fsp3) is 0.704. The van der Waals surface area contributed by atoms with Gasteiger partial charge in [-0.3, -0.25) is 14.5 Å². The molecule has 1 atom stereocenters. The van der Waals surface area contributed by atoms with Crippen molar-refractivity contribution in [2.75, 3.05) is 46.4 Å². The van der Waals surface area contributed by atoms with E-state index in [0.717, 1.165) is 45.3 Å². The van der Waals surface area contributed by atoms with Crippen molar-refractivity contribution in [1.82, 2.24) is 14.7 Å². The lowest BCUT2D eigenvalue weighted by Gasteiger charge is -2.44. The summed E-state index contributed by atoms with van der Waals surface area (Å²) < 4.78 is 6.20. The van der Waals surface area contributed by atoms with Crippen molar-refractivity contribution in [3.8, 4) is 5.75 Å². The van der Waals surface area contributed by atoms with Gasteiger partial charge in [0.25, 0.3) is 0 Å². The first kappa shape index (κ1) is 25.3. The number of hydrogen-bond acceptors (Lipinski definition) is 4. The average Bonchev–Trinajstić information content (AvgIpc) is 3.39. The van der Waals surface area contributed by atoms with E-state index in [1.807, 2.05) is 34.1 Å². The molecule has 34 heavy (non-hydrogen) atoms. The van der Waals surface area contributed by atoms with Gasteiger partial charge in [0.2, 0.25) is 11.8 Å². The van der Waals surface area contributed by atoms with Crippen LogP contribution in [0.3, 0.4) is 0 Å². The van der Waals surface area contributed by atoms with Crippen LogP contribution in [0.25, 0.3) is 0 Å². The molecule has 2 heterocycles. The van der Waals surface area contributed by atoms with Crippen LogP contribution in [0.15, 0.2) is 24.3 Å². The van der Waals surface area contributed by atoms with Gasteiger partial charge >= 0.3 is 0 Å². The summed E-state index contributed by atoms with van der Waals surface area (Å²) in [6.07, 6.45) is 10.5. The fourth-order valence-electron chi connectivity index (χ4n) is 5.89. The third-order valence-corrected chi connectivity index (χ3v) is 8.16. The van der Waals surface area contributed by atoms with E-state index in [2.05, 4.69) is 11.9 Å². The van der Waals surface area contributed by atoms with Gasteiger partial charge in [0.05, 0.1) is 13.2 Å². The minimum Gasteiger partial charge on any atom is -0.493 e. The Kier molecular flexibility index (Phi) is 8.75. The molecule has 0 radical (unpaired) electrons. The normalized spacial score (nSPS) is 24.0. The highest BCUT2D eigenvalue weighted by Gasteiger charge is 2.41. The van der Waals surface area contributed by atoms with Crippen LogP contribution in [0.4, 0.5) is 0 Å². The van der Waals surface area contributed by atoms with E-state index in [0.29, 0.717) is 42.9 Å². The number of likely N-dealkylation sites (N-methyl/N-ethyl adjacent to an activating group) is 1.